The summed E-state index contributed by atoms with van der Waals surface area (Å²) >= 11 is 0. The van der Waals surface area contributed by atoms with Gasteiger partial charge in [-0.15, -0.1) is 0 Å². The van der Waals surface area contributed by atoms with E-state index in [2.05, 4.69) is 15.0 Å². The van der Waals surface area contributed by atoms with Crippen LogP contribution in [0.2, 0.25) is 0 Å². The Morgan fingerprint density at radius 3 is 2.78 bits per heavy atom. The summed E-state index contributed by atoms with van der Waals surface area (Å²) in [4.78, 5) is 33.1. The second kappa shape index (κ2) is 4.44. The summed E-state index contributed by atoms with van der Waals surface area (Å²) < 4.78 is 1.05. The number of hydrogen-bond acceptors (Lipinski definition) is 5. The molecule has 2 aromatic heterocycles. The van der Waals surface area contributed by atoms with E-state index in [-0.39, 0.29) is 18.0 Å². The molecule has 7 nitrogen and oxygen atoms in total. The first-order valence-electron chi connectivity index (χ1n) is 5.30. The van der Waals surface area contributed by atoms with Gasteiger partial charge in [-0.2, -0.15) is 0 Å². The zero-order valence-electron chi connectivity index (χ0n) is 9.97. The third kappa shape index (κ3) is 2.15. The minimum absolute atomic E-state index is 0.0750. The smallest absolute Gasteiger partial charge is 0.331 e. The van der Waals surface area contributed by atoms with Crippen molar-refractivity contribution in [2.75, 3.05) is 0 Å². The van der Waals surface area contributed by atoms with Crippen LogP contribution in [0.1, 0.15) is 17.1 Å². The Balaban J connectivity index is 2.50. The molecule has 0 aliphatic carbocycles. The van der Waals surface area contributed by atoms with Crippen LogP contribution in [-0.4, -0.2) is 24.6 Å². The quantitative estimate of drug-likeness (QED) is 0.759. The second-order valence-corrected chi connectivity index (χ2v) is 3.89. The molecule has 0 atom stereocenters. The number of hydrogen-bond donors (Lipinski definition) is 2. The van der Waals surface area contributed by atoms with E-state index in [0.29, 0.717) is 11.5 Å². The minimum atomic E-state index is -0.667. The number of aromatic hydroxyl groups is 1. The Morgan fingerprint density at radius 2 is 2.11 bits per heavy atom. The predicted molar refractivity (Wildman–Crippen MR) is 63.6 cm³/mol. The highest BCUT2D eigenvalue weighted by Crippen LogP contribution is 2.09. The summed E-state index contributed by atoms with van der Waals surface area (Å²) in [6.45, 7) is 3.24. The normalized spacial score (nSPS) is 10.6. The molecule has 2 aromatic rings. The second-order valence-electron chi connectivity index (χ2n) is 3.89. The van der Waals surface area contributed by atoms with Crippen LogP contribution in [0.25, 0.3) is 0 Å². The van der Waals surface area contributed by atoms with Gasteiger partial charge in [0.05, 0.1) is 17.8 Å². The standard InChI is InChI=1S/C11H12N4O3/c1-6-9(16)14-11(18)15(10(6)17)5-8-3-4-12-7(2)13-8/h3-4,17H,5H2,1-2H3,(H,14,16,18). The largest absolute Gasteiger partial charge is 0.494 e. The van der Waals surface area contributed by atoms with Gasteiger partial charge in [0.2, 0.25) is 5.88 Å². The molecule has 0 bridgehead atoms. The van der Waals surface area contributed by atoms with E-state index < -0.39 is 11.2 Å². The van der Waals surface area contributed by atoms with Gasteiger partial charge in [-0.25, -0.2) is 14.8 Å². The van der Waals surface area contributed by atoms with Crippen molar-refractivity contribution in [3.05, 3.63) is 50.2 Å². The van der Waals surface area contributed by atoms with Gasteiger partial charge in [0.15, 0.2) is 0 Å². The molecule has 2 heterocycles. The molecular weight excluding hydrogens is 236 g/mol. The van der Waals surface area contributed by atoms with Crippen molar-refractivity contribution in [2.24, 2.45) is 0 Å². The Bertz CT molecular complexity index is 702. The monoisotopic (exact) mass is 248 g/mol. The number of aromatic amines is 1. The third-order valence-corrected chi connectivity index (χ3v) is 2.55. The summed E-state index contributed by atoms with van der Waals surface area (Å²) in [7, 11) is 0. The van der Waals surface area contributed by atoms with Crippen molar-refractivity contribution in [1.29, 1.82) is 0 Å². The molecule has 0 radical (unpaired) electrons. The maximum atomic E-state index is 11.6. The number of rotatable bonds is 2. The Morgan fingerprint density at radius 1 is 1.39 bits per heavy atom. The molecule has 0 aliphatic rings. The first-order chi connectivity index (χ1) is 8.49. The van der Waals surface area contributed by atoms with E-state index in [4.69, 9.17) is 0 Å². The highest BCUT2D eigenvalue weighted by atomic mass is 16.3. The van der Waals surface area contributed by atoms with Crippen LogP contribution in [-0.2, 0) is 6.54 Å². The summed E-state index contributed by atoms with van der Waals surface area (Å²) in [6, 6.07) is 1.64. The average Bonchev–Trinajstić information content (AvgIpc) is 2.32. The van der Waals surface area contributed by atoms with Crippen LogP contribution < -0.4 is 11.2 Å². The van der Waals surface area contributed by atoms with Crippen molar-refractivity contribution in [3.8, 4) is 5.88 Å². The van der Waals surface area contributed by atoms with Gasteiger partial charge >= 0.3 is 5.69 Å². The maximum Gasteiger partial charge on any atom is 0.331 e. The fraction of sp³-hybridized carbons (Fsp3) is 0.273. The highest BCUT2D eigenvalue weighted by molar-refractivity contribution is 5.21. The van der Waals surface area contributed by atoms with Crippen molar-refractivity contribution >= 4 is 0 Å². The van der Waals surface area contributed by atoms with E-state index in [0.717, 1.165) is 4.57 Å². The molecule has 0 amide bonds. The number of nitrogens with zero attached hydrogens (tertiary/aromatic N) is 3. The number of aromatic nitrogens is 4. The zero-order chi connectivity index (χ0) is 13.3. The van der Waals surface area contributed by atoms with Crippen LogP contribution in [0.3, 0.4) is 0 Å². The molecule has 2 N–H and O–H groups in total. The zero-order valence-corrected chi connectivity index (χ0v) is 9.97. The van der Waals surface area contributed by atoms with Crippen molar-refractivity contribution in [2.45, 2.75) is 20.4 Å². The SMILES string of the molecule is Cc1nccc(Cn2c(O)c(C)c(=O)[nH]c2=O)n1. The van der Waals surface area contributed by atoms with Crippen LogP contribution in [0.15, 0.2) is 21.9 Å². The fourth-order valence-corrected chi connectivity index (χ4v) is 1.56. The van der Waals surface area contributed by atoms with Crippen molar-refractivity contribution in [3.63, 3.8) is 0 Å². The Kier molecular flexibility index (Phi) is 2.97. The van der Waals surface area contributed by atoms with Crippen LogP contribution >= 0.6 is 0 Å². The summed E-state index contributed by atoms with van der Waals surface area (Å²) in [6.07, 6.45) is 1.57. The van der Waals surface area contributed by atoms with E-state index in [1.807, 2.05) is 0 Å². The number of aryl methyl sites for hydroxylation is 1. The van der Waals surface area contributed by atoms with Gasteiger partial charge in [0.1, 0.15) is 5.82 Å². The van der Waals surface area contributed by atoms with E-state index >= 15 is 0 Å². The van der Waals surface area contributed by atoms with Gasteiger partial charge < -0.3 is 5.11 Å². The molecule has 0 fully saturated rings. The van der Waals surface area contributed by atoms with Crippen LogP contribution in [0, 0.1) is 13.8 Å². The molecule has 7 heteroatoms. The molecular formula is C11H12N4O3. The molecule has 0 spiro atoms. The van der Waals surface area contributed by atoms with Gasteiger partial charge in [-0.05, 0) is 19.9 Å². The average molecular weight is 248 g/mol. The molecule has 0 unspecified atom stereocenters. The summed E-state index contributed by atoms with van der Waals surface area (Å²) in [5, 5.41) is 9.79. The van der Waals surface area contributed by atoms with E-state index in [1.54, 1.807) is 19.2 Å². The van der Waals surface area contributed by atoms with Gasteiger partial charge in [0, 0.05) is 6.20 Å². The van der Waals surface area contributed by atoms with Crippen LogP contribution in [0.5, 0.6) is 5.88 Å². The van der Waals surface area contributed by atoms with E-state index in [9.17, 15) is 14.7 Å². The molecule has 94 valence electrons. The lowest BCUT2D eigenvalue weighted by atomic mass is 10.3. The first kappa shape index (κ1) is 12.0. The fourth-order valence-electron chi connectivity index (χ4n) is 1.56. The Labute approximate surface area is 102 Å². The van der Waals surface area contributed by atoms with E-state index in [1.165, 1.54) is 6.92 Å². The lowest BCUT2D eigenvalue weighted by molar-refractivity contribution is 0.403. The summed E-state index contributed by atoms with van der Waals surface area (Å²) in [5.74, 6) is 0.223. The van der Waals surface area contributed by atoms with Crippen molar-refractivity contribution < 1.29 is 5.11 Å². The molecule has 0 saturated carbocycles. The molecule has 2 rings (SSSR count). The minimum Gasteiger partial charge on any atom is -0.494 e. The van der Waals surface area contributed by atoms with Gasteiger partial charge in [-0.1, -0.05) is 0 Å². The summed E-state index contributed by atoms with van der Waals surface area (Å²) in [5.41, 5.74) is -0.585. The topological polar surface area (TPSA) is 101 Å². The Hall–Kier alpha value is -2.44. The number of nitrogens with one attached hydrogen (secondary N) is 1. The number of H-pyrrole nitrogens is 1. The molecule has 0 saturated heterocycles. The molecule has 0 aliphatic heterocycles. The lowest BCUT2D eigenvalue weighted by Crippen LogP contribution is -2.31. The maximum absolute atomic E-state index is 11.6. The van der Waals surface area contributed by atoms with Gasteiger partial charge in [-0.3, -0.25) is 14.3 Å². The van der Waals surface area contributed by atoms with Gasteiger partial charge in [0.25, 0.3) is 5.56 Å². The molecule has 18 heavy (non-hydrogen) atoms. The van der Waals surface area contributed by atoms with Crippen LogP contribution in [0.4, 0.5) is 0 Å². The predicted octanol–water partition coefficient (Wildman–Crippen LogP) is -0.303. The third-order valence-electron chi connectivity index (χ3n) is 2.55. The van der Waals surface area contributed by atoms with Crippen molar-refractivity contribution in [1.82, 2.24) is 19.5 Å². The molecule has 0 aromatic carbocycles. The first-order valence-corrected chi connectivity index (χ1v) is 5.30. The lowest BCUT2D eigenvalue weighted by Gasteiger charge is -2.09. The highest BCUT2D eigenvalue weighted by Gasteiger charge is 2.11.